The van der Waals surface area contributed by atoms with Crippen molar-refractivity contribution in [1.29, 1.82) is 0 Å². The summed E-state index contributed by atoms with van der Waals surface area (Å²) in [7, 11) is 0. The van der Waals surface area contributed by atoms with Gasteiger partial charge in [-0.05, 0) is 43.3 Å². The van der Waals surface area contributed by atoms with Gasteiger partial charge in [0.1, 0.15) is 5.25 Å². The molecule has 0 saturated carbocycles. The Morgan fingerprint density at radius 2 is 1.97 bits per heavy atom. The Morgan fingerprint density at radius 3 is 2.72 bits per heavy atom. The van der Waals surface area contributed by atoms with Crippen molar-refractivity contribution in [1.82, 2.24) is 0 Å². The van der Waals surface area contributed by atoms with Gasteiger partial charge in [0.05, 0.1) is 5.69 Å². The van der Waals surface area contributed by atoms with Crippen molar-refractivity contribution in [2.75, 3.05) is 23.6 Å². The maximum Gasteiger partial charge on any atom is 0.247 e. The third kappa shape index (κ3) is 4.18. The molecule has 0 radical (unpaired) electrons. The van der Waals surface area contributed by atoms with E-state index in [0.717, 1.165) is 5.69 Å². The minimum atomic E-state index is -0.551. The second-order valence-electron chi connectivity index (χ2n) is 6.33. The molecule has 150 valence electrons. The topological polar surface area (TPSA) is 80.2 Å². The van der Waals surface area contributed by atoms with Gasteiger partial charge < -0.3 is 14.8 Å². The minimum Gasteiger partial charge on any atom is -0.454 e. The minimum absolute atomic E-state index is 0.109. The van der Waals surface area contributed by atoms with E-state index >= 15 is 0 Å². The van der Waals surface area contributed by atoms with Gasteiger partial charge in [-0.3, -0.25) is 14.6 Å². The van der Waals surface area contributed by atoms with Crippen molar-refractivity contribution in [2.24, 2.45) is 4.99 Å². The number of aliphatic imine (C=N–C) groups is 1. The lowest BCUT2D eigenvalue weighted by atomic mass is 10.3. The van der Waals surface area contributed by atoms with Crippen LogP contribution in [0.2, 0.25) is 5.02 Å². The Bertz CT molecular complexity index is 980. The number of nitrogens with zero attached hydrogens (tertiary/aromatic N) is 2. The molecule has 0 spiro atoms. The van der Waals surface area contributed by atoms with Crippen LogP contribution < -0.4 is 19.7 Å². The lowest BCUT2D eigenvalue weighted by molar-refractivity contribution is -0.121. The Balaban J connectivity index is 1.48. The van der Waals surface area contributed by atoms with Crippen LogP contribution in [0.15, 0.2) is 47.5 Å². The lowest BCUT2D eigenvalue weighted by Gasteiger charge is -2.16. The molecule has 9 heteroatoms. The SMILES string of the molecule is CCN=C(Nc1ccc2c(c1)OCO2)S[C@H]1CC(=O)N(c2ccc(Cl)cc2)C1=O. The molecule has 0 aromatic heterocycles. The summed E-state index contributed by atoms with van der Waals surface area (Å²) in [5.41, 5.74) is 1.28. The fraction of sp³-hybridized carbons (Fsp3) is 0.250. The second-order valence-corrected chi connectivity index (χ2v) is 7.95. The quantitative estimate of drug-likeness (QED) is 0.449. The third-order valence-corrected chi connectivity index (χ3v) is 5.73. The molecule has 0 unspecified atom stereocenters. The van der Waals surface area contributed by atoms with Crippen molar-refractivity contribution < 1.29 is 19.1 Å². The summed E-state index contributed by atoms with van der Waals surface area (Å²) in [4.78, 5) is 31.0. The van der Waals surface area contributed by atoms with Gasteiger partial charge in [0.2, 0.25) is 18.6 Å². The predicted molar refractivity (Wildman–Crippen MR) is 114 cm³/mol. The maximum atomic E-state index is 12.9. The van der Waals surface area contributed by atoms with Crippen molar-refractivity contribution in [3.8, 4) is 11.5 Å². The van der Waals surface area contributed by atoms with E-state index in [9.17, 15) is 9.59 Å². The molecular formula is C20H18ClN3O4S. The molecule has 2 aliphatic rings. The van der Waals surface area contributed by atoms with Crippen molar-refractivity contribution in [3.63, 3.8) is 0 Å². The predicted octanol–water partition coefficient (Wildman–Crippen LogP) is 3.92. The highest BCUT2D eigenvalue weighted by atomic mass is 35.5. The van der Waals surface area contributed by atoms with Gasteiger partial charge in [-0.1, -0.05) is 23.4 Å². The van der Waals surface area contributed by atoms with Gasteiger partial charge in [0.25, 0.3) is 0 Å². The Kier molecular flexibility index (Phi) is 5.64. The number of rotatable bonds is 4. The van der Waals surface area contributed by atoms with Crippen LogP contribution in [0.1, 0.15) is 13.3 Å². The molecule has 0 aliphatic carbocycles. The van der Waals surface area contributed by atoms with Crippen LogP contribution in [0.25, 0.3) is 0 Å². The third-order valence-electron chi connectivity index (χ3n) is 4.37. The number of imide groups is 1. The van der Waals surface area contributed by atoms with E-state index in [1.165, 1.54) is 16.7 Å². The molecule has 1 fully saturated rings. The first-order valence-electron chi connectivity index (χ1n) is 9.05. The number of amidine groups is 1. The zero-order chi connectivity index (χ0) is 20.4. The number of thioether (sulfide) groups is 1. The van der Waals surface area contributed by atoms with Gasteiger partial charge in [0.15, 0.2) is 16.7 Å². The lowest BCUT2D eigenvalue weighted by Crippen LogP contribution is -2.31. The number of hydrogen-bond donors (Lipinski definition) is 1. The first-order valence-corrected chi connectivity index (χ1v) is 10.3. The molecule has 2 heterocycles. The highest BCUT2D eigenvalue weighted by Gasteiger charge is 2.40. The van der Waals surface area contributed by atoms with Crippen LogP contribution in [0.3, 0.4) is 0 Å². The van der Waals surface area contributed by atoms with E-state index in [1.54, 1.807) is 24.3 Å². The summed E-state index contributed by atoms with van der Waals surface area (Å²) in [6.45, 7) is 2.64. The Hall–Kier alpha value is -2.71. The number of nitrogens with one attached hydrogen (secondary N) is 1. The average molecular weight is 432 g/mol. The molecule has 2 aromatic carbocycles. The number of amides is 2. The summed E-state index contributed by atoms with van der Waals surface area (Å²) >= 11 is 7.15. The first kappa shape index (κ1) is 19.6. The molecule has 1 atom stereocenters. The van der Waals surface area contributed by atoms with Gasteiger partial charge >= 0.3 is 0 Å². The summed E-state index contributed by atoms with van der Waals surface area (Å²) in [6, 6.07) is 12.1. The van der Waals surface area contributed by atoms with Gasteiger partial charge in [-0.25, -0.2) is 4.90 Å². The number of carbonyl (C=O) groups is 2. The molecule has 4 rings (SSSR count). The maximum absolute atomic E-state index is 12.9. The van der Waals surface area contributed by atoms with Gasteiger partial charge in [0, 0.05) is 29.7 Å². The number of ether oxygens (including phenoxy) is 2. The van der Waals surface area contributed by atoms with Crippen LogP contribution in [-0.2, 0) is 9.59 Å². The fourth-order valence-corrected chi connectivity index (χ4v) is 4.25. The average Bonchev–Trinajstić information content (AvgIpc) is 3.27. The molecular weight excluding hydrogens is 414 g/mol. The summed E-state index contributed by atoms with van der Waals surface area (Å²) in [5.74, 6) is 0.830. The zero-order valence-electron chi connectivity index (χ0n) is 15.6. The fourth-order valence-electron chi connectivity index (χ4n) is 3.04. The molecule has 2 aliphatic heterocycles. The molecule has 1 N–H and O–H groups in total. The smallest absolute Gasteiger partial charge is 0.247 e. The number of benzene rings is 2. The highest BCUT2D eigenvalue weighted by Crippen LogP contribution is 2.35. The second kappa shape index (κ2) is 8.34. The summed E-state index contributed by atoms with van der Waals surface area (Å²) in [5, 5.41) is 3.77. The molecule has 0 bridgehead atoms. The molecule has 7 nitrogen and oxygen atoms in total. The van der Waals surface area contributed by atoms with Crippen LogP contribution in [0, 0.1) is 0 Å². The number of carbonyl (C=O) groups excluding carboxylic acids is 2. The molecule has 2 aromatic rings. The summed E-state index contributed by atoms with van der Waals surface area (Å²) in [6.07, 6.45) is 0.109. The van der Waals surface area contributed by atoms with E-state index in [2.05, 4.69) is 10.3 Å². The monoisotopic (exact) mass is 431 g/mol. The molecule has 2 amide bonds. The first-order chi connectivity index (χ1) is 14.0. The number of fused-ring (bicyclic) bond motifs is 1. The Morgan fingerprint density at radius 1 is 1.21 bits per heavy atom. The van der Waals surface area contributed by atoms with E-state index in [1.807, 2.05) is 25.1 Å². The number of anilines is 2. The van der Waals surface area contributed by atoms with Gasteiger partial charge in [-0.2, -0.15) is 0 Å². The van der Waals surface area contributed by atoms with E-state index in [-0.39, 0.29) is 25.0 Å². The van der Waals surface area contributed by atoms with E-state index in [4.69, 9.17) is 21.1 Å². The summed E-state index contributed by atoms with van der Waals surface area (Å²) < 4.78 is 10.7. The highest BCUT2D eigenvalue weighted by molar-refractivity contribution is 8.15. The van der Waals surface area contributed by atoms with Crippen LogP contribution in [0.4, 0.5) is 11.4 Å². The van der Waals surface area contributed by atoms with Crippen LogP contribution >= 0.6 is 23.4 Å². The van der Waals surface area contributed by atoms with Gasteiger partial charge in [-0.15, -0.1) is 0 Å². The molecule has 29 heavy (non-hydrogen) atoms. The van der Waals surface area contributed by atoms with E-state index < -0.39 is 5.25 Å². The number of halogens is 1. The molecule has 1 saturated heterocycles. The van der Waals surface area contributed by atoms with Crippen molar-refractivity contribution in [3.05, 3.63) is 47.5 Å². The standard InChI is InChI=1S/C20H18ClN3O4S/c1-2-22-20(23-13-5-8-15-16(9-13)28-11-27-15)29-17-10-18(25)24(19(17)26)14-6-3-12(21)4-7-14/h3-9,17H,2,10-11H2,1H3,(H,22,23)/t17-/m0/s1. The largest absolute Gasteiger partial charge is 0.454 e. The van der Waals surface area contributed by atoms with E-state index in [0.29, 0.717) is 33.9 Å². The number of hydrogen-bond acceptors (Lipinski definition) is 6. The van der Waals surface area contributed by atoms with Crippen molar-refractivity contribution >= 4 is 51.7 Å². The van der Waals surface area contributed by atoms with Crippen molar-refractivity contribution in [2.45, 2.75) is 18.6 Å². The van der Waals surface area contributed by atoms with Crippen LogP contribution in [0.5, 0.6) is 11.5 Å². The normalized spacial score (nSPS) is 18.5. The van der Waals surface area contributed by atoms with Crippen LogP contribution in [-0.4, -0.2) is 35.6 Å². The Labute approximate surface area is 177 Å². The zero-order valence-corrected chi connectivity index (χ0v) is 17.1.